The van der Waals surface area contributed by atoms with Crippen LogP contribution in [0.15, 0.2) is 0 Å². The van der Waals surface area contributed by atoms with Gasteiger partial charge in [0.1, 0.15) is 10.7 Å². The van der Waals surface area contributed by atoms with Crippen molar-refractivity contribution in [3.05, 3.63) is 4.88 Å². The van der Waals surface area contributed by atoms with Gasteiger partial charge in [0.05, 0.1) is 19.8 Å². The van der Waals surface area contributed by atoms with E-state index in [4.69, 9.17) is 15.6 Å². The van der Waals surface area contributed by atoms with Gasteiger partial charge in [-0.05, 0) is 12.8 Å². The molecule has 1 aromatic rings. The Bertz CT molecular complexity index is 434. The van der Waals surface area contributed by atoms with Gasteiger partial charge in [-0.1, -0.05) is 11.3 Å². The first-order valence-electron chi connectivity index (χ1n) is 6.20. The third-order valence-corrected chi connectivity index (χ3v) is 3.53. The highest BCUT2D eigenvalue weighted by Crippen LogP contribution is 2.30. The minimum Gasteiger partial charge on any atom is -0.394 e. The predicted octanol–water partition coefficient (Wildman–Crippen LogP) is 0.0383. The highest BCUT2D eigenvalue weighted by atomic mass is 32.1. The number of anilines is 2. The number of nitrogens with zero attached hydrogens (tertiary/aromatic N) is 1. The first kappa shape index (κ1) is 14.0. The van der Waals surface area contributed by atoms with Crippen molar-refractivity contribution in [1.82, 2.24) is 10.3 Å². The zero-order valence-corrected chi connectivity index (χ0v) is 11.3. The summed E-state index contributed by atoms with van der Waals surface area (Å²) in [6, 6.07) is 0.480. The Morgan fingerprint density at radius 1 is 1.53 bits per heavy atom. The first-order valence-corrected chi connectivity index (χ1v) is 7.02. The fraction of sp³-hybridized carbons (Fsp3) is 0.636. The number of aromatic nitrogens is 1. The monoisotopic (exact) mass is 286 g/mol. The SMILES string of the molecule is Nc1nc(NC2CC2)sc1C(=O)NCCOCCO. The number of carbonyl (C=O) groups is 1. The Hall–Kier alpha value is -1.38. The normalized spacial score (nSPS) is 14.4. The van der Waals surface area contributed by atoms with E-state index in [0.29, 0.717) is 29.2 Å². The zero-order chi connectivity index (χ0) is 13.7. The summed E-state index contributed by atoms with van der Waals surface area (Å²) in [5.41, 5.74) is 5.72. The summed E-state index contributed by atoms with van der Waals surface area (Å²) in [4.78, 5) is 16.4. The van der Waals surface area contributed by atoms with Crippen LogP contribution in [0, 0.1) is 0 Å². The molecule has 1 aromatic heterocycles. The van der Waals surface area contributed by atoms with Crippen LogP contribution in [0.3, 0.4) is 0 Å². The molecule has 8 heteroatoms. The highest BCUT2D eigenvalue weighted by Gasteiger charge is 2.24. The molecule has 0 aromatic carbocycles. The molecule has 19 heavy (non-hydrogen) atoms. The molecule has 0 atom stereocenters. The second-order valence-corrected chi connectivity index (χ2v) is 5.24. The molecule has 7 nitrogen and oxygen atoms in total. The first-order chi connectivity index (χ1) is 9.20. The molecule has 0 saturated heterocycles. The quantitative estimate of drug-likeness (QED) is 0.502. The van der Waals surface area contributed by atoms with E-state index in [9.17, 15) is 4.79 Å². The molecule has 1 amide bonds. The number of thiazole rings is 1. The van der Waals surface area contributed by atoms with Crippen LogP contribution in [0.4, 0.5) is 10.9 Å². The molecule has 1 aliphatic rings. The average molecular weight is 286 g/mol. The van der Waals surface area contributed by atoms with Crippen molar-refractivity contribution in [3.8, 4) is 0 Å². The van der Waals surface area contributed by atoms with Crippen molar-refractivity contribution >= 4 is 28.2 Å². The third kappa shape index (κ3) is 4.34. The van der Waals surface area contributed by atoms with Gasteiger partial charge >= 0.3 is 0 Å². The lowest BCUT2D eigenvalue weighted by Gasteiger charge is -2.04. The number of ether oxygens (including phenoxy) is 1. The van der Waals surface area contributed by atoms with Crippen LogP contribution in [0.25, 0.3) is 0 Å². The van der Waals surface area contributed by atoms with Gasteiger partial charge in [-0.3, -0.25) is 4.79 Å². The molecule has 106 valence electrons. The summed E-state index contributed by atoms with van der Waals surface area (Å²) in [6.45, 7) is 0.986. The molecule has 0 bridgehead atoms. The van der Waals surface area contributed by atoms with E-state index < -0.39 is 0 Å². The van der Waals surface area contributed by atoms with Crippen molar-refractivity contribution in [1.29, 1.82) is 0 Å². The van der Waals surface area contributed by atoms with E-state index in [-0.39, 0.29) is 24.9 Å². The number of nitrogens with two attached hydrogens (primary N) is 1. The maximum atomic E-state index is 11.9. The van der Waals surface area contributed by atoms with Gasteiger partial charge in [0.2, 0.25) is 0 Å². The molecule has 2 rings (SSSR count). The van der Waals surface area contributed by atoms with Gasteiger partial charge in [0.25, 0.3) is 5.91 Å². The lowest BCUT2D eigenvalue weighted by atomic mass is 10.4. The van der Waals surface area contributed by atoms with Crippen LogP contribution in [0.2, 0.25) is 0 Å². The lowest BCUT2D eigenvalue weighted by molar-refractivity contribution is 0.0841. The minimum atomic E-state index is -0.244. The molecule has 0 aliphatic heterocycles. The zero-order valence-electron chi connectivity index (χ0n) is 10.5. The number of rotatable bonds is 8. The number of hydrogen-bond donors (Lipinski definition) is 4. The van der Waals surface area contributed by atoms with E-state index in [1.54, 1.807) is 0 Å². The van der Waals surface area contributed by atoms with E-state index in [0.717, 1.165) is 12.8 Å². The smallest absolute Gasteiger partial charge is 0.265 e. The van der Waals surface area contributed by atoms with Gasteiger partial charge in [-0.2, -0.15) is 0 Å². The van der Waals surface area contributed by atoms with E-state index in [1.165, 1.54) is 11.3 Å². The number of carbonyl (C=O) groups excluding carboxylic acids is 1. The number of hydrogen-bond acceptors (Lipinski definition) is 7. The van der Waals surface area contributed by atoms with Crippen molar-refractivity contribution in [3.63, 3.8) is 0 Å². The number of amides is 1. The van der Waals surface area contributed by atoms with Crippen molar-refractivity contribution in [2.45, 2.75) is 18.9 Å². The van der Waals surface area contributed by atoms with Crippen LogP contribution in [-0.4, -0.2) is 48.4 Å². The number of nitrogens with one attached hydrogen (secondary N) is 2. The number of nitrogen functional groups attached to an aromatic ring is 1. The molecule has 1 fully saturated rings. The van der Waals surface area contributed by atoms with E-state index >= 15 is 0 Å². The van der Waals surface area contributed by atoms with Crippen LogP contribution >= 0.6 is 11.3 Å². The maximum Gasteiger partial charge on any atom is 0.265 e. The van der Waals surface area contributed by atoms with Crippen molar-refractivity contribution in [2.24, 2.45) is 0 Å². The van der Waals surface area contributed by atoms with Gasteiger partial charge < -0.3 is 26.2 Å². The molecule has 0 spiro atoms. The standard InChI is InChI=1S/C11H18N4O3S/c12-9-8(10(17)13-3-5-18-6-4-16)19-11(15-9)14-7-1-2-7/h7,16H,1-6,12H2,(H,13,17)(H,14,15). The van der Waals surface area contributed by atoms with Crippen LogP contribution in [0.1, 0.15) is 22.5 Å². The minimum absolute atomic E-state index is 0.0219. The Labute approximate surface area is 115 Å². The summed E-state index contributed by atoms with van der Waals surface area (Å²) in [5, 5.41) is 15.1. The van der Waals surface area contributed by atoms with Gasteiger partial charge in [-0.15, -0.1) is 0 Å². The second kappa shape index (κ2) is 6.69. The van der Waals surface area contributed by atoms with Crippen molar-refractivity contribution < 1.29 is 14.6 Å². The fourth-order valence-electron chi connectivity index (χ4n) is 1.44. The molecular formula is C11H18N4O3S. The average Bonchev–Trinajstić information content (AvgIpc) is 3.11. The molecule has 0 radical (unpaired) electrons. The van der Waals surface area contributed by atoms with E-state index in [1.807, 2.05) is 0 Å². The van der Waals surface area contributed by atoms with Gasteiger partial charge in [0.15, 0.2) is 5.13 Å². The summed E-state index contributed by atoms with van der Waals surface area (Å²) < 4.78 is 5.04. The second-order valence-electron chi connectivity index (χ2n) is 4.24. The van der Waals surface area contributed by atoms with Crippen molar-refractivity contribution in [2.75, 3.05) is 37.4 Å². The topological polar surface area (TPSA) is 110 Å². The lowest BCUT2D eigenvalue weighted by Crippen LogP contribution is -2.27. The van der Waals surface area contributed by atoms with Crippen LogP contribution in [-0.2, 0) is 4.74 Å². The van der Waals surface area contributed by atoms with Gasteiger partial charge in [0, 0.05) is 12.6 Å². The number of aliphatic hydroxyl groups excluding tert-OH is 1. The third-order valence-electron chi connectivity index (χ3n) is 2.53. The predicted molar refractivity (Wildman–Crippen MR) is 73.4 cm³/mol. The highest BCUT2D eigenvalue weighted by molar-refractivity contribution is 7.18. The fourth-order valence-corrected chi connectivity index (χ4v) is 2.32. The Balaban J connectivity index is 1.78. The van der Waals surface area contributed by atoms with E-state index in [2.05, 4.69) is 15.6 Å². The summed E-state index contributed by atoms with van der Waals surface area (Å²) in [6.07, 6.45) is 2.28. The van der Waals surface area contributed by atoms with Crippen LogP contribution < -0.4 is 16.4 Å². The molecule has 5 N–H and O–H groups in total. The largest absolute Gasteiger partial charge is 0.394 e. The van der Waals surface area contributed by atoms with Crippen LogP contribution in [0.5, 0.6) is 0 Å². The molecule has 1 saturated carbocycles. The molecular weight excluding hydrogens is 268 g/mol. The Morgan fingerprint density at radius 3 is 3.00 bits per heavy atom. The molecule has 1 aliphatic carbocycles. The molecule has 1 heterocycles. The van der Waals surface area contributed by atoms with Gasteiger partial charge in [-0.25, -0.2) is 4.98 Å². The Kier molecular flexibility index (Phi) is 4.94. The summed E-state index contributed by atoms with van der Waals surface area (Å²) in [7, 11) is 0. The Morgan fingerprint density at radius 2 is 2.32 bits per heavy atom. The molecule has 0 unspecified atom stereocenters. The maximum absolute atomic E-state index is 11.9. The summed E-state index contributed by atoms with van der Waals surface area (Å²) in [5.74, 6) is 0.00775. The number of aliphatic hydroxyl groups is 1. The summed E-state index contributed by atoms with van der Waals surface area (Å²) >= 11 is 1.26.